The monoisotopic (exact) mass is 240 g/mol. The Kier molecular flexibility index (Phi) is 2.88. The molecule has 0 fully saturated rings. The number of thiazole rings is 1. The van der Waals surface area contributed by atoms with Crippen molar-refractivity contribution in [1.29, 1.82) is 0 Å². The summed E-state index contributed by atoms with van der Waals surface area (Å²) in [5.74, 6) is 0.595. The lowest BCUT2D eigenvalue weighted by Gasteiger charge is -1.98. The molecule has 0 bridgehead atoms. The van der Waals surface area contributed by atoms with Crippen LogP contribution >= 0.6 is 22.9 Å². The van der Waals surface area contributed by atoms with E-state index in [9.17, 15) is 0 Å². The van der Waals surface area contributed by atoms with E-state index in [1.54, 1.807) is 30.7 Å². The number of aryl methyl sites for hydroxylation is 1. The van der Waals surface area contributed by atoms with Crippen LogP contribution in [0.25, 0.3) is 10.6 Å². The highest BCUT2D eigenvalue weighted by Crippen LogP contribution is 2.30. The molecule has 3 nitrogen and oxygen atoms in total. The van der Waals surface area contributed by atoms with Crippen molar-refractivity contribution >= 4 is 22.9 Å². The molecule has 78 valence electrons. The van der Waals surface area contributed by atoms with Crippen molar-refractivity contribution in [3.63, 3.8) is 0 Å². The molecule has 0 radical (unpaired) electrons. The van der Waals surface area contributed by atoms with Crippen LogP contribution in [-0.2, 0) is 0 Å². The summed E-state index contributed by atoms with van der Waals surface area (Å²) in [5, 5.41) is 1.44. The summed E-state index contributed by atoms with van der Waals surface area (Å²) < 4.78 is 4.98. The van der Waals surface area contributed by atoms with E-state index in [4.69, 9.17) is 16.3 Å². The number of nitrogens with zero attached hydrogens (tertiary/aromatic N) is 2. The molecule has 2 aromatic heterocycles. The lowest BCUT2D eigenvalue weighted by Crippen LogP contribution is -1.86. The van der Waals surface area contributed by atoms with Gasteiger partial charge in [0.1, 0.15) is 10.2 Å². The molecule has 2 heterocycles. The normalized spacial score (nSPS) is 10.3. The Morgan fingerprint density at radius 2 is 2.20 bits per heavy atom. The van der Waals surface area contributed by atoms with E-state index >= 15 is 0 Å². The van der Waals surface area contributed by atoms with Gasteiger partial charge in [0.2, 0.25) is 5.88 Å². The van der Waals surface area contributed by atoms with Gasteiger partial charge in [-0.15, -0.1) is 11.3 Å². The largest absolute Gasteiger partial charge is 0.481 e. The van der Waals surface area contributed by atoms with Gasteiger partial charge in [0, 0.05) is 22.7 Å². The molecule has 0 aliphatic carbocycles. The van der Waals surface area contributed by atoms with E-state index in [1.165, 1.54) is 0 Å². The Labute approximate surface area is 96.7 Å². The molecule has 0 saturated heterocycles. The van der Waals surface area contributed by atoms with Gasteiger partial charge >= 0.3 is 0 Å². The summed E-state index contributed by atoms with van der Waals surface area (Å²) in [6, 6.07) is 3.72. The molecule has 0 amide bonds. The lowest BCUT2D eigenvalue weighted by atomic mass is 10.3. The minimum absolute atomic E-state index is 0.561. The third kappa shape index (κ3) is 2.11. The van der Waals surface area contributed by atoms with Crippen molar-refractivity contribution in [2.45, 2.75) is 6.92 Å². The smallest absolute Gasteiger partial charge is 0.212 e. The summed E-state index contributed by atoms with van der Waals surface area (Å²) in [6.07, 6.45) is 1.73. The predicted octanol–water partition coefficient (Wildman–Crippen LogP) is 3.18. The zero-order chi connectivity index (χ0) is 10.8. The Morgan fingerprint density at radius 1 is 1.40 bits per heavy atom. The SMILES string of the molecule is COc1ccc(-c2nc(Cl)c(C)s2)cn1. The Balaban J connectivity index is 2.37. The standard InChI is InChI=1S/C10H9ClN2OS/c1-6-9(11)13-10(15-6)7-3-4-8(14-2)12-5-7/h3-5H,1-2H3. The Bertz CT molecular complexity index is 447. The van der Waals surface area contributed by atoms with Gasteiger partial charge in [-0.25, -0.2) is 9.97 Å². The molecule has 0 unspecified atom stereocenters. The van der Waals surface area contributed by atoms with E-state index in [2.05, 4.69) is 9.97 Å². The maximum atomic E-state index is 5.89. The summed E-state index contributed by atoms with van der Waals surface area (Å²) in [4.78, 5) is 9.37. The van der Waals surface area contributed by atoms with E-state index < -0.39 is 0 Å². The number of halogens is 1. The summed E-state index contributed by atoms with van der Waals surface area (Å²) in [6.45, 7) is 1.94. The number of hydrogen-bond donors (Lipinski definition) is 0. The second-order valence-corrected chi connectivity index (χ2v) is 4.52. The van der Waals surface area contributed by atoms with Gasteiger partial charge in [-0.1, -0.05) is 11.6 Å². The molecule has 0 spiro atoms. The maximum absolute atomic E-state index is 5.89. The third-order valence-corrected chi connectivity index (χ3v) is 3.43. The molecule has 0 aromatic carbocycles. The molecule has 0 saturated carbocycles. The molecule has 0 aliphatic heterocycles. The highest BCUT2D eigenvalue weighted by Gasteiger charge is 2.07. The third-order valence-electron chi connectivity index (χ3n) is 1.93. The van der Waals surface area contributed by atoms with Crippen LogP contribution in [0, 0.1) is 6.92 Å². The molecule has 5 heteroatoms. The summed E-state index contributed by atoms with van der Waals surface area (Å²) in [5.41, 5.74) is 0.954. The highest BCUT2D eigenvalue weighted by molar-refractivity contribution is 7.15. The number of pyridine rings is 1. The van der Waals surface area contributed by atoms with Crippen molar-refractivity contribution in [3.05, 3.63) is 28.4 Å². The molecule has 2 aromatic rings. The molecule has 0 N–H and O–H groups in total. The first kappa shape index (κ1) is 10.4. The zero-order valence-corrected chi connectivity index (χ0v) is 9.89. The van der Waals surface area contributed by atoms with E-state index in [-0.39, 0.29) is 0 Å². The van der Waals surface area contributed by atoms with Gasteiger partial charge in [0.05, 0.1) is 7.11 Å². The maximum Gasteiger partial charge on any atom is 0.212 e. The van der Waals surface area contributed by atoms with Crippen molar-refractivity contribution < 1.29 is 4.74 Å². The average molecular weight is 241 g/mol. The Hall–Kier alpha value is -1.13. The first-order chi connectivity index (χ1) is 7.20. The molecule has 0 atom stereocenters. The van der Waals surface area contributed by atoms with E-state index in [1.807, 2.05) is 13.0 Å². The first-order valence-corrected chi connectivity index (χ1v) is 5.53. The van der Waals surface area contributed by atoms with Crippen LogP contribution in [0.5, 0.6) is 5.88 Å². The first-order valence-electron chi connectivity index (χ1n) is 4.34. The van der Waals surface area contributed by atoms with Crippen molar-refractivity contribution in [3.8, 4) is 16.5 Å². The van der Waals surface area contributed by atoms with E-state index in [0.717, 1.165) is 15.4 Å². The van der Waals surface area contributed by atoms with Crippen molar-refractivity contribution in [1.82, 2.24) is 9.97 Å². The van der Waals surface area contributed by atoms with Gasteiger partial charge in [0.15, 0.2) is 0 Å². The summed E-state index contributed by atoms with van der Waals surface area (Å²) in [7, 11) is 1.59. The predicted molar refractivity (Wildman–Crippen MR) is 61.6 cm³/mol. The van der Waals surface area contributed by atoms with Gasteiger partial charge < -0.3 is 4.74 Å². The molecular weight excluding hydrogens is 232 g/mol. The molecular formula is C10H9ClN2OS. The van der Waals surface area contributed by atoms with Gasteiger partial charge in [-0.3, -0.25) is 0 Å². The second kappa shape index (κ2) is 4.16. The fourth-order valence-corrected chi connectivity index (χ4v) is 2.17. The highest BCUT2D eigenvalue weighted by atomic mass is 35.5. The number of rotatable bonds is 2. The van der Waals surface area contributed by atoms with Gasteiger partial charge in [-0.2, -0.15) is 0 Å². The quantitative estimate of drug-likeness (QED) is 0.809. The second-order valence-electron chi connectivity index (χ2n) is 2.96. The van der Waals surface area contributed by atoms with Crippen LogP contribution in [-0.4, -0.2) is 17.1 Å². The van der Waals surface area contributed by atoms with Crippen molar-refractivity contribution in [2.75, 3.05) is 7.11 Å². The molecule has 2 rings (SSSR count). The van der Waals surface area contributed by atoms with Crippen LogP contribution in [0.2, 0.25) is 5.15 Å². The number of methoxy groups -OCH3 is 1. The minimum atomic E-state index is 0.561. The minimum Gasteiger partial charge on any atom is -0.481 e. The average Bonchev–Trinajstić information content (AvgIpc) is 2.59. The fraction of sp³-hybridized carbons (Fsp3) is 0.200. The van der Waals surface area contributed by atoms with Crippen LogP contribution < -0.4 is 4.74 Å². The fourth-order valence-electron chi connectivity index (χ4n) is 1.13. The van der Waals surface area contributed by atoms with Crippen LogP contribution in [0.3, 0.4) is 0 Å². The number of hydrogen-bond acceptors (Lipinski definition) is 4. The Morgan fingerprint density at radius 3 is 2.67 bits per heavy atom. The molecule has 15 heavy (non-hydrogen) atoms. The van der Waals surface area contributed by atoms with Crippen LogP contribution in [0.4, 0.5) is 0 Å². The van der Waals surface area contributed by atoms with Gasteiger partial charge in [0.25, 0.3) is 0 Å². The van der Waals surface area contributed by atoms with Crippen molar-refractivity contribution in [2.24, 2.45) is 0 Å². The van der Waals surface area contributed by atoms with Crippen LogP contribution in [0.1, 0.15) is 4.88 Å². The van der Waals surface area contributed by atoms with E-state index in [0.29, 0.717) is 11.0 Å². The topological polar surface area (TPSA) is 35.0 Å². The van der Waals surface area contributed by atoms with Gasteiger partial charge in [-0.05, 0) is 13.0 Å². The zero-order valence-electron chi connectivity index (χ0n) is 8.32. The number of ether oxygens (including phenoxy) is 1. The van der Waals surface area contributed by atoms with Crippen LogP contribution in [0.15, 0.2) is 18.3 Å². The summed E-state index contributed by atoms with van der Waals surface area (Å²) >= 11 is 7.45. The molecule has 0 aliphatic rings. The lowest BCUT2D eigenvalue weighted by molar-refractivity contribution is 0.398. The number of aromatic nitrogens is 2.